The summed E-state index contributed by atoms with van der Waals surface area (Å²) in [5, 5.41) is 23.1. The summed E-state index contributed by atoms with van der Waals surface area (Å²) in [6, 6.07) is 4.11. The largest absolute Gasteiger partial charge is 0.508 e. The third-order valence-corrected chi connectivity index (χ3v) is 2.80. The zero-order chi connectivity index (χ0) is 16.0. The summed E-state index contributed by atoms with van der Waals surface area (Å²) in [6.45, 7) is 2.74. The molecule has 7 nitrogen and oxygen atoms in total. The summed E-state index contributed by atoms with van der Waals surface area (Å²) < 4.78 is 0. The summed E-state index contributed by atoms with van der Waals surface area (Å²) in [5.74, 6) is -2.04. The van der Waals surface area contributed by atoms with E-state index in [1.807, 2.05) is 0 Å². The lowest BCUT2D eigenvalue weighted by molar-refractivity contribution is -0.142. The lowest BCUT2D eigenvalue weighted by Gasteiger charge is -2.18. The molecule has 0 aliphatic heterocycles. The number of benzene rings is 1. The van der Waals surface area contributed by atoms with Crippen LogP contribution in [-0.2, 0) is 20.8 Å². The van der Waals surface area contributed by atoms with Crippen molar-refractivity contribution in [3.63, 3.8) is 0 Å². The number of nitrogens with one attached hydrogen (secondary N) is 2. The van der Waals surface area contributed by atoms with E-state index >= 15 is 0 Å². The second-order valence-electron chi connectivity index (χ2n) is 4.69. The number of carbonyl (C=O) groups excluding carboxylic acids is 2. The van der Waals surface area contributed by atoms with E-state index < -0.39 is 24.0 Å². The van der Waals surface area contributed by atoms with E-state index in [2.05, 4.69) is 10.6 Å². The van der Waals surface area contributed by atoms with Gasteiger partial charge in [0.2, 0.25) is 11.8 Å². The van der Waals surface area contributed by atoms with Gasteiger partial charge in [0.15, 0.2) is 0 Å². The molecular weight excluding hydrogens is 276 g/mol. The molecule has 2 amide bonds. The number of hydrogen-bond acceptors (Lipinski definition) is 4. The van der Waals surface area contributed by atoms with Crippen LogP contribution in [0.1, 0.15) is 19.4 Å². The minimum atomic E-state index is -1.17. The van der Waals surface area contributed by atoms with Crippen LogP contribution in [0.2, 0.25) is 0 Å². The first-order valence-electron chi connectivity index (χ1n) is 6.37. The van der Waals surface area contributed by atoms with Crippen molar-refractivity contribution < 1.29 is 24.6 Å². The highest BCUT2D eigenvalue weighted by atomic mass is 16.4. The van der Waals surface area contributed by atoms with Crippen LogP contribution in [0.5, 0.6) is 5.75 Å². The lowest BCUT2D eigenvalue weighted by atomic mass is 10.1. The Bertz CT molecular complexity index is 527. The minimum absolute atomic E-state index is 0.0775. The molecule has 0 fully saturated rings. The van der Waals surface area contributed by atoms with Crippen LogP contribution < -0.4 is 10.6 Å². The number of phenols is 1. The highest BCUT2D eigenvalue weighted by Crippen LogP contribution is 2.11. The second-order valence-corrected chi connectivity index (χ2v) is 4.69. The number of carbonyl (C=O) groups is 3. The predicted octanol–water partition coefficient (Wildman–Crippen LogP) is 0.0287. The number of aromatic hydroxyl groups is 1. The summed E-state index contributed by atoms with van der Waals surface area (Å²) in [7, 11) is 0. The summed E-state index contributed by atoms with van der Waals surface area (Å²) in [4.78, 5) is 33.9. The Morgan fingerprint density at radius 2 is 1.71 bits per heavy atom. The van der Waals surface area contributed by atoms with Gasteiger partial charge in [-0.25, -0.2) is 4.79 Å². The van der Waals surface area contributed by atoms with Crippen molar-refractivity contribution in [3.05, 3.63) is 29.8 Å². The number of hydrogen-bond donors (Lipinski definition) is 4. The summed E-state index contributed by atoms with van der Waals surface area (Å²) >= 11 is 0. The average Bonchev–Trinajstić information content (AvgIpc) is 2.39. The van der Waals surface area contributed by atoms with Crippen LogP contribution in [0.15, 0.2) is 24.3 Å². The Kier molecular flexibility index (Phi) is 5.71. The summed E-state index contributed by atoms with van der Waals surface area (Å²) in [5.41, 5.74) is 0.660. The maximum Gasteiger partial charge on any atom is 0.326 e. The Morgan fingerprint density at radius 3 is 2.19 bits per heavy atom. The first-order chi connectivity index (χ1) is 9.79. The molecule has 2 atom stereocenters. The van der Waals surface area contributed by atoms with E-state index in [1.54, 1.807) is 12.1 Å². The van der Waals surface area contributed by atoms with Gasteiger partial charge in [-0.1, -0.05) is 12.1 Å². The molecule has 114 valence electrons. The fraction of sp³-hybridized carbons (Fsp3) is 0.357. The van der Waals surface area contributed by atoms with Gasteiger partial charge in [-0.2, -0.15) is 0 Å². The molecule has 1 aromatic rings. The lowest BCUT2D eigenvalue weighted by Crippen LogP contribution is -2.50. The van der Waals surface area contributed by atoms with Crippen molar-refractivity contribution in [1.29, 1.82) is 0 Å². The van der Waals surface area contributed by atoms with Crippen LogP contribution in [0.4, 0.5) is 0 Å². The molecule has 21 heavy (non-hydrogen) atoms. The first kappa shape index (κ1) is 16.5. The fourth-order valence-corrected chi connectivity index (χ4v) is 1.73. The third kappa shape index (κ3) is 5.52. The van der Waals surface area contributed by atoms with Gasteiger partial charge in [-0.05, 0) is 24.6 Å². The van der Waals surface area contributed by atoms with Gasteiger partial charge in [-0.15, -0.1) is 0 Å². The zero-order valence-corrected chi connectivity index (χ0v) is 11.8. The van der Waals surface area contributed by atoms with E-state index in [4.69, 9.17) is 5.11 Å². The van der Waals surface area contributed by atoms with Crippen molar-refractivity contribution in [2.75, 3.05) is 0 Å². The highest BCUT2D eigenvalue weighted by Gasteiger charge is 2.23. The number of carboxylic acid groups (broad SMARTS) is 1. The van der Waals surface area contributed by atoms with E-state index in [0.29, 0.717) is 5.56 Å². The van der Waals surface area contributed by atoms with Crippen LogP contribution in [0.3, 0.4) is 0 Å². The monoisotopic (exact) mass is 294 g/mol. The number of phenolic OH excluding ortho intramolecular Hbond substituents is 1. The highest BCUT2D eigenvalue weighted by molar-refractivity contribution is 5.89. The maximum absolute atomic E-state index is 11.8. The Hall–Kier alpha value is -2.57. The molecule has 0 heterocycles. The molecule has 0 radical (unpaired) electrons. The third-order valence-electron chi connectivity index (χ3n) is 2.80. The van der Waals surface area contributed by atoms with Crippen molar-refractivity contribution in [3.8, 4) is 5.75 Å². The molecule has 7 heteroatoms. The van der Waals surface area contributed by atoms with Gasteiger partial charge in [0.25, 0.3) is 0 Å². The first-order valence-corrected chi connectivity index (χ1v) is 6.37. The number of aliphatic carboxylic acids is 1. The minimum Gasteiger partial charge on any atom is -0.508 e. The molecule has 0 spiro atoms. The zero-order valence-electron chi connectivity index (χ0n) is 11.8. The Balaban J connectivity index is 2.69. The molecular formula is C14H18N2O5. The van der Waals surface area contributed by atoms with Gasteiger partial charge in [0, 0.05) is 13.3 Å². The average molecular weight is 294 g/mol. The molecule has 1 rings (SSSR count). The van der Waals surface area contributed by atoms with Gasteiger partial charge in [-0.3, -0.25) is 9.59 Å². The maximum atomic E-state index is 11.8. The molecule has 0 aliphatic carbocycles. The van der Waals surface area contributed by atoms with Crippen LogP contribution in [-0.4, -0.2) is 40.1 Å². The van der Waals surface area contributed by atoms with Crippen molar-refractivity contribution in [2.24, 2.45) is 0 Å². The normalized spacial score (nSPS) is 13.0. The van der Waals surface area contributed by atoms with E-state index in [-0.39, 0.29) is 18.1 Å². The Labute approximate surface area is 122 Å². The molecule has 0 saturated carbocycles. The molecule has 4 N–H and O–H groups in total. The Morgan fingerprint density at radius 1 is 1.14 bits per heavy atom. The van der Waals surface area contributed by atoms with Gasteiger partial charge in [0.05, 0.1) is 0 Å². The standard InChI is InChI=1S/C14H18N2O5/c1-8(15-9(2)17)13(19)16-12(14(20)21)7-10-3-5-11(18)6-4-10/h3-6,8,12,18H,7H2,1-2H3,(H,15,17)(H,16,19)(H,20,21)/t8?,12-/m0/s1. The molecule has 0 saturated heterocycles. The molecule has 0 bridgehead atoms. The SMILES string of the molecule is CC(=O)NC(C)C(=O)N[C@@H](Cc1ccc(O)cc1)C(=O)O. The summed E-state index contributed by atoms with van der Waals surface area (Å²) in [6.07, 6.45) is 0.0775. The smallest absolute Gasteiger partial charge is 0.326 e. The van der Waals surface area contributed by atoms with E-state index in [1.165, 1.54) is 26.0 Å². The number of rotatable bonds is 6. The number of carboxylic acids is 1. The van der Waals surface area contributed by atoms with Crippen LogP contribution in [0, 0.1) is 0 Å². The van der Waals surface area contributed by atoms with Crippen LogP contribution >= 0.6 is 0 Å². The van der Waals surface area contributed by atoms with Crippen molar-refractivity contribution in [1.82, 2.24) is 10.6 Å². The van der Waals surface area contributed by atoms with E-state index in [9.17, 15) is 19.5 Å². The van der Waals surface area contributed by atoms with Gasteiger partial charge >= 0.3 is 5.97 Å². The molecule has 0 aromatic heterocycles. The number of amides is 2. The van der Waals surface area contributed by atoms with Crippen molar-refractivity contribution in [2.45, 2.75) is 32.4 Å². The van der Waals surface area contributed by atoms with E-state index in [0.717, 1.165) is 0 Å². The molecule has 0 aliphatic rings. The van der Waals surface area contributed by atoms with Gasteiger partial charge < -0.3 is 20.8 Å². The quantitative estimate of drug-likeness (QED) is 0.590. The fourth-order valence-electron chi connectivity index (χ4n) is 1.73. The molecule has 1 aromatic carbocycles. The topological polar surface area (TPSA) is 116 Å². The van der Waals surface area contributed by atoms with Crippen molar-refractivity contribution >= 4 is 17.8 Å². The second kappa shape index (κ2) is 7.28. The van der Waals surface area contributed by atoms with Crippen LogP contribution in [0.25, 0.3) is 0 Å². The molecule has 1 unspecified atom stereocenters. The predicted molar refractivity (Wildman–Crippen MR) is 74.7 cm³/mol. The van der Waals surface area contributed by atoms with Gasteiger partial charge in [0.1, 0.15) is 17.8 Å².